The smallest absolute Gasteiger partial charge is 0.315 e. The van der Waals surface area contributed by atoms with Crippen LogP contribution in [0.1, 0.15) is 11.1 Å². The summed E-state index contributed by atoms with van der Waals surface area (Å²) in [6.07, 6.45) is 1.43. The molecule has 0 aliphatic rings. The molecule has 0 radical (unpaired) electrons. The van der Waals surface area contributed by atoms with Crippen molar-refractivity contribution in [2.75, 3.05) is 32.1 Å². The fourth-order valence-corrected chi connectivity index (χ4v) is 5.03. The Bertz CT molecular complexity index is 1490. The predicted molar refractivity (Wildman–Crippen MR) is 130 cm³/mol. The first kappa shape index (κ1) is 22.9. The number of anilines is 1. The Morgan fingerprint density at radius 1 is 1.09 bits per heavy atom. The van der Waals surface area contributed by atoms with Gasteiger partial charge in [-0.2, -0.15) is 0 Å². The maximum absolute atomic E-state index is 13.5. The zero-order chi connectivity index (χ0) is 24.0. The van der Waals surface area contributed by atoms with Crippen LogP contribution in [0.2, 0.25) is 0 Å². The van der Waals surface area contributed by atoms with E-state index in [1.165, 1.54) is 33.8 Å². The lowest BCUT2D eigenvalue weighted by Crippen LogP contribution is -2.40. The van der Waals surface area contributed by atoms with E-state index in [1.54, 1.807) is 11.9 Å². The number of amides is 1. The van der Waals surface area contributed by atoms with Crippen LogP contribution in [0.25, 0.3) is 21.4 Å². The zero-order valence-electron chi connectivity index (χ0n) is 19.6. The first-order chi connectivity index (χ1) is 15.6. The molecule has 0 N–H and O–H groups in total. The van der Waals surface area contributed by atoms with Gasteiger partial charge in [-0.15, -0.1) is 0 Å². The standard InChI is InChI=1S/C22H27N7O3S/c1-13-9-14(2)17-15(10-13)33-21(24-17)29(8-7-25(3)4)16(30)11-28-12-23-19-18(28)20(31)27(6)22(32)26(19)5/h9-10,12H,7-8,11H2,1-6H3. The second kappa shape index (κ2) is 8.56. The average Bonchev–Trinajstić information content (AvgIpc) is 3.35. The molecule has 0 aliphatic carbocycles. The summed E-state index contributed by atoms with van der Waals surface area (Å²) >= 11 is 1.48. The van der Waals surface area contributed by atoms with Crippen LogP contribution in [0.4, 0.5) is 5.13 Å². The summed E-state index contributed by atoms with van der Waals surface area (Å²) < 4.78 is 4.86. The van der Waals surface area contributed by atoms with E-state index in [0.717, 1.165) is 25.9 Å². The number of thiazole rings is 1. The molecule has 0 aliphatic heterocycles. The highest BCUT2D eigenvalue weighted by atomic mass is 32.1. The van der Waals surface area contributed by atoms with E-state index >= 15 is 0 Å². The van der Waals surface area contributed by atoms with Crippen LogP contribution in [0.3, 0.4) is 0 Å². The van der Waals surface area contributed by atoms with Crippen LogP contribution >= 0.6 is 11.3 Å². The van der Waals surface area contributed by atoms with E-state index in [0.29, 0.717) is 18.2 Å². The average molecular weight is 470 g/mol. The Morgan fingerprint density at radius 3 is 2.52 bits per heavy atom. The Balaban J connectivity index is 1.75. The van der Waals surface area contributed by atoms with Gasteiger partial charge in [-0.05, 0) is 45.1 Å². The Labute approximate surface area is 194 Å². The number of aromatic nitrogens is 5. The quantitative estimate of drug-likeness (QED) is 0.422. The Morgan fingerprint density at radius 2 is 1.82 bits per heavy atom. The second-order valence-corrected chi connectivity index (χ2v) is 9.53. The van der Waals surface area contributed by atoms with Crippen molar-refractivity contribution in [3.05, 3.63) is 50.4 Å². The molecule has 33 heavy (non-hydrogen) atoms. The van der Waals surface area contributed by atoms with Gasteiger partial charge < -0.3 is 9.47 Å². The lowest BCUT2D eigenvalue weighted by Gasteiger charge is -2.22. The summed E-state index contributed by atoms with van der Waals surface area (Å²) in [6.45, 7) is 5.07. The molecule has 4 rings (SSSR count). The van der Waals surface area contributed by atoms with Gasteiger partial charge in [0, 0.05) is 27.2 Å². The van der Waals surface area contributed by atoms with E-state index < -0.39 is 11.2 Å². The number of hydrogen-bond donors (Lipinski definition) is 0. The van der Waals surface area contributed by atoms with Crippen molar-refractivity contribution in [1.82, 2.24) is 28.6 Å². The van der Waals surface area contributed by atoms with Gasteiger partial charge in [-0.3, -0.25) is 23.6 Å². The topological polar surface area (TPSA) is 98.3 Å². The fourth-order valence-electron chi connectivity index (χ4n) is 3.85. The van der Waals surface area contributed by atoms with Crippen LogP contribution in [0, 0.1) is 13.8 Å². The van der Waals surface area contributed by atoms with Crippen molar-refractivity contribution in [3.8, 4) is 0 Å². The van der Waals surface area contributed by atoms with Crippen LogP contribution in [0.15, 0.2) is 28.0 Å². The lowest BCUT2D eigenvalue weighted by molar-refractivity contribution is -0.119. The number of carbonyl (C=O) groups is 1. The Hall–Kier alpha value is -3.31. The molecule has 0 bridgehead atoms. The van der Waals surface area contributed by atoms with Gasteiger partial charge >= 0.3 is 5.69 Å². The second-order valence-electron chi connectivity index (χ2n) is 8.52. The number of hydrogen-bond acceptors (Lipinski definition) is 7. The van der Waals surface area contributed by atoms with Crippen LogP contribution in [0.5, 0.6) is 0 Å². The number of fused-ring (bicyclic) bond motifs is 2. The van der Waals surface area contributed by atoms with Gasteiger partial charge in [0.15, 0.2) is 16.3 Å². The van der Waals surface area contributed by atoms with Crippen molar-refractivity contribution in [1.29, 1.82) is 0 Å². The molecule has 174 valence electrons. The highest BCUT2D eigenvalue weighted by Crippen LogP contribution is 2.32. The zero-order valence-corrected chi connectivity index (χ0v) is 20.4. The highest BCUT2D eigenvalue weighted by Gasteiger charge is 2.23. The maximum Gasteiger partial charge on any atom is 0.332 e. The largest absolute Gasteiger partial charge is 0.332 e. The molecule has 3 heterocycles. The van der Waals surface area contributed by atoms with Crippen molar-refractivity contribution in [2.24, 2.45) is 14.1 Å². The number of aryl methyl sites for hydroxylation is 3. The molecule has 0 unspecified atom stereocenters. The van der Waals surface area contributed by atoms with Gasteiger partial charge in [-0.25, -0.2) is 14.8 Å². The molecular formula is C22H27N7O3S. The molecule has 1 aromatic carbocycles. The molecule has 0 atom stereocenters. The number of nitrogens with zero attached hydrogens (tertiary/aromatic N) is 7. The van der Waals surface area contributed by atoms with Gasteiger partial charge in [0.2, 0.25) is 5.91 Å². The Kier molecular flexibility index (Phi) is 5.93. The summed E-state index contributed by atoms with van der Waals surface area (Å²) in [5, 5.41) is 0.621. The molecule has 1 amide bonds. The van der Waals surface area contributed by atoms with Crippen molar-refractivity contribution in [2.45, 2.75) is 20.4 Å². The highest BCUT2D eigenvalue weighted by molar-refractivity contribution is 7.22. The minimum absolute atomic E-state index is 0.0920. The predicted octanol–water partition coefficient (Wildman–Crippen LogP) is 1.26. The number of rotatable bonds is 6. The molecule has 0 fully saturated rings. The fraction of sp³-hybridized carbons (Fsp3) is 0.409. The number of benzene rings is 1. The van der Waals surface area contributed by atoms with E-state index in [1.807, 2.05) is 32.8 Å². The summed E-state index contributed by atoms with van der Waals surface area (Å²) in [4.78, 5) is 51.1. The molecule has 4 aromatic rings. The van der Waals surface area contributed by atoms with E-state index in [2.05, 4.69) is 17.1 Å². The minimum atomic E-state index is -0.482. The molecule has 11 heteroatoms. The first-order valence-corrected chi connectivity index (χ1v) is 11.3. The van der Waals surface area contributed by atoms with Gasteiger partial charge in [0.25, 0.3) is 5.56 Å². The first-order valence-electron chi connectivity index (χ1n) is 10.5. The monoisotopic (exact) mass is 469 g/mol. The molecule has 0 saturated carbocycles. The number of carbonyl (C=O) groups excluding carboxylic acids is 1. The van der Waals surface area contributed by atoms with Gasteiger partial charge in [0.1, 0.15) is 6.54 Å². The number of likely N-dealkylation sites (N-methyl/N-ethyl adjacent to an activating group) is 1. The molecule has 10 nitrogen and oxygen atoms in total. The third kappa shape index (κ3) is 4.09. The van der Waals surface area contributed by atoms with Gasteiger partial charge in [0.05, 0.1) is 16.5 Å². The maximum atomic E-state index is 13.5. The SMILES string of the molecule is Cc1cc(C)c2nc(N(CCN(C)C)C(=O)Cn3cnc4c3c(=O)n(C)c(=O)n4C)sc2c1. The summed E-state index contributed by atoms with van der Waals surface area (Å²) in [5.74, 6) is -0.208. The summed E-state index contributed by atoms with van der Waals surface area (Å²) in [6, 6.07) is 4.15. The van der Waals surface area contributed by atoms with Crippen molar-refractivity contribution in [3.63, 3.8) is 0 Å². The third-order valence-corrected chi connectivity index (χ3v) is 6.67. The van der Waals surface area contributed by atoms with Crippen LogP contribution in [-0.4, -0.2) is 61.7 Å². The van der Waals surface area contributed by atoms with E-state index in [9.17, 15) is 14.4 Å². The molecule has 0 spiro atoms. The molecule has 0 saturated heterocycles. The third-order valence-electron chi connectivity index (χ3n) is 5.64. The van der Waals surface area contributed by atoms with E-state index in [4.69, 9.17) is 4.98 Å². The summed E-state index contributed by atoms with van der Waals surface area (Å²) in [7, 11) is 6.86. The molecule has 3 aromatic heterocycles. The minimum Gasteiger partial charge on any atom is -0.315 e. The molecular weight excluding hydrogens is 442 g/mol. The van der Waals surface area contributed by atoms with E-state index in [-0.39, 0.29) is 23.6 Å². The summed E-state index contributed by atoms with van der Waals surface area (Å²) in [5.41, 5.74) is 2.63. The van der Waals surface area contributed by atoms with Crippen molar-refractivity contribution < 1.29 is 4.79 Å². The van der Waals surface area contributed by atoms with Crippen molar-refractivity contribution >= 4 is 43.8 Å². The lowest BCUT2D eigenvalue weighted by atomic mass is 10.1. The van der Waals surface area contributed by atoms with Gasteiger partial charge in [-0.1, -0.05) is 17.4 Å². The van der Waals surface area contributed by atoms with Crippen LogP contribution < -0.4 is 16.1 Å². The van der Waals surface area contributed by atoms with Crippen LogP contribution in [-0.2, 0) is 25.4 Å². The normalized spacial score (nSPS) is 11.7. The number of imidazole rings is 1.